The number of benzene rings is 1. The Balaban J connectivity index is 3.02. The number of halogens is 2. The van der Waals surface area contributed by atoms with Gasteiger partial charge in [0.2, 0.25) is 0 Å². The number of amides is 1. The van der Waals surface area contributed by atoms with Gasteiger partial charge in [0, 0.05) is 11.8 Å². The second-order valence-corrected chi connectivity index (χ2v) is 2.97. The molecule has 0 spiro atoms. The van der Waals surface area contributed by atoms with Crippen LogP contribution in [0.3, 0.4) is 0 Å². The number of aliphatic imine (C=N–C) groups is 1. The fourth-order valence-electron chi connectivity index (χ4n) is 0.745. The number of rotatable bonds is 1. The monoisotopic (exact) mass is 217 g/mol. The molecule has 3 nitrogen and oxygen atoms in total. The Morgan fingerprint density at radius 3 is 2.77 bits per heavy atom. The molecule has 1 N–H and O–H groups in total. The van der Waals surface area contributed by atoms with Crippen molar-refractivity contribution in [2.24, 2.45) is 4.99 Å². The summed E-state index contributed by atoms with van der Waals surface area (Å²) in [5.41, 5.74) is 0.483. The van der Waals surface area contributed by atoms with Crippen molar-refractivity contribution in [3.63, 3.8) is 0 Å². The molecular formula is C8H5Cl2NO2. The van der Waals surface area contributed by atoms with Crippen LogP contribution in [0.1, 0.15) is 5.56 Å². The first kappa shape index (κ1) is 10.0. The van der Waals surface area contributed by atoms with Crippen LogP contribution >= 0.6 is 23.2 Å². The predicted octanol–water partition coefficient (Wildman–Crippen LogP) is 3.09. The molecule has 0 saturated heterocycles. The summed E-state index contributed by atoms with van der Waals surface area (Å²) >= 11 is 11.4. The van der Waals surface area contributed by atoms with Crippen molar-refractivity contribution in [3.05, 3.63) is 33.8 Å². The van der Waals surface area contributed by atoms with Gasteiger partial charge >= 0.3 is 6.09 Å². The molecule has 0 heterocycles. The highest BCUT2D eigenvalue weighted by atomic mass is 35.5. The Bertz CT molecular complexity index is 363. The predicted molar refractivity (Wildman–Crippen MR) is 52.1 cm³/mol. The van der Waals surface area contributed by atoms with Gasteiger partial charge < -0.3 is 5.11 Å². The van der Waals surface area contributed by atoms with E-state index in [0.29, 0.717) is 15.6 Å². The van der Waals surface area contributed by atoms with Crippen LogP contribution in [0.25, 0.3) is 0 Å². The van der Waals surface area contributed by atoms with E-state index in [-0.39, 0.29) is 0 Å². The van der Waals surface area contributed by atoms with Gasteiger partial charge in [0.15, 0.2) is 0 Å². The van der Waals surface area contributed by atoms with E-state index in [2.05, 4.69) is 4.99 Å². The second kappa shape index (κ2) is 4.25. The molecule has 13 heavy (non-hydrogen) atoms. The van der Waals surface area contributed by atoms with Crippen molar-refractivity contribution < 1.29 is 9.90 Å². The lowest BCUT2D eigenvalue weighted by Gasteiger charge is -1.97. The van der Waals surface area contributed by atoms with Crippen LogP contribution < -0.4 is 0 Å². The van der Waals surface area contributed by atoms with Crippen molar-refractivity contribution in [1.82, 2.24) is 0 Å². The Hall–Kier alpha value is -1.06. The summed E-state index contributed by atoms with van der Waals surface area (Å²) < 4.78 is 0. The maximum atomic E-state index is 10.1. The van der Waals surface area contributed by atoms with Crippen molar-refractivity contribution >= 4 is 35.5 Å². The molecule has 1 amide bonds. The standard InChI is InChI=1S/C8H5Cl2NO2/c9-6-3-1-2-5(7(6)10)4-11-8(12)13/h1-4H,(H,12,13)/b11-4+. The van der Waals surface area contributed by atoms with Crippen molar-refractivity contribution in [2.75, 3.05) is 0 Å². The average Bonchev–Trinajstić information content (AvgIpc) is 2.07. The SMILES string of the molecule is O=C(O)/N=C/c1cccc(Cl)c1Cl. The van der Waals surface area contributed by atoms with Crippen LogP contribution in [0.5, 0.6) is 0 Å². The smallest absolute Gasteiger partial charge is 0.431 e. The maximum Gasteiger partial charge on any atom is 0.431 e. The first-order chi connectivity index (χ1) is 6.11. The fraction of sp³-hybridized carbons (Fsp3) is 0. The highest BCUT2D eigenvalue weighted by molar-refractivity contribution is 6.43. The van der Waals surface area contributed by atoms with Crippen molar-refractivity contribution in [3.8, 4) is 0 Å². The first-order valence-electron chi connectivity index (χ1n) is 3.32. The minimum absolute atomic E-state index is 0.300. The van der Waals surface area contributed by atoms with E-state index in [9.17, 15) is 4.79 Å². The lowest BCUT2D eigenvalue weighted by Crippen LogP contribution is -1.89. The van der Waals surface area contributed by atoms with E-state index < -0.39 is 6.09 Å². The molecule has 0 atom stereocenters. The Labute approximate surface area is 84.6 Å². The Morgan fingerprint density at radius 2 is 2.15 bits per heavy atom. The molecule has 0 unspecified atom stereocenters. The number of hydrogen-bond acceptors (Lipinski definition) is 1. The van der Waals surface area contributed by atoms with Crippen molar-refractivity contribution in [2.45, 2.75) is 0 Å². The minimum atomic E-state index is -1.27. The third-order valence-corrected chi connectivity index (χ3v) is 2.13. The van der Waals surface area contributed by atoms with Crippen LogP contribution in [0.4, 0.5) is 4.79 Å². The number of hydrogen-bond donors (Lipinski definition) is 1. The molecule has 1 rings (SSSR count). The highest BCUT2D eigenvalue weighted by Crippen LogP contribution is 2.24. The van der Waals surface area contributed by atoms with Crippen LogP contribution in [0.2, 0.25) is 10.0 Å². The molecule has 1 aromatic rings. The molecule has 0 saturated carbocycles. The van der Waals surface area contributed by atoms with Gasteiger partial charge in [0.25, 0.3) is 0 Å². The number of carboxylic acid groups (broad SMARTS) is 1. The largest absolute Gasteiger partial charge is 0.463 e. The van der Waals surface area contributed by atoms with E-state index in [0.717, 1.165) is 6.21 Å². The van der Waals surface area contributed by atoms with Crippen LogP contribution in [-0.2, 0) is 0 Å². The van der Waals surface area contributed by atoms with Crippen LogP contribution in [-0.4, -0.2) is 17.4 Å². The summed E-state index contributed by atoms with van der Waals surface area (Å²) in [6, 6.07) is 4.90. The third kappa shape index (κ3) is 2.72. The van der Waals surface area contributed by atoms with Gasteiger partial charge in [-0.3, -0.25) is 0 Å². The normalized spacial score (nSPS) is 10.6. The van der Waals surface area contributed by atoms with Crippen LogP contribution in [0, 0.1) is 0 Å². The lowest BCUT2D eigenvalue weighted by molar-refractivity contribution is 0.206. The molecular weight excluding hydrogens is 213 g/mol. The van der Waals surface area contributed by atoms with E-state index in [1.165, 1.54) is 0 Å². The molecule has 0 aromatic heterocycles. The molecule has 0 radical (unpaired) electrons. The first-order valence-corrected chi connectivity index (χ1v) is 4.08. The molecule has 68 valence electrons. The topological polar surface area (TPSA) is 49.7 Å². The van der Waals surface area contributed by atoms with Crippen molar-refractivity contribution in [1.29, 1.82) is 0 Å². The Kier molecular flexibility index (Phi) is 3.28. The van der Waals surface area contributed by atoms with Gasteiger partial charge in [0.1, 0.15) is 0 Å². The zero-order valence-electron chi connectivity index (χ0n) is 6.37. The summed E-state index contributed by atoms with van der Waals surface area (Å²) in [6.07, 6.45) is -0.118. The number of nitrogens with zero attached hydrogens (tertiary/aromatic N) is 1. The molecule has 5 heteroatoms. The summed E-state index contributed by atoms with van der Waals surface area (Å²) in [7, 11) is 0. The van der Waals surface area contributed by atoms with E-state index >= 15 is 0 Å². The lowest BCUT2D eigenvalue weighted by atomic mass is 10.2. The Morgan fingerprint density at radius 1 is 1.46 bits per heavy atom. The van der Waals surface area contributed by atoms with Gasteiger partial charge in [-0.05, 0) is 6.07 Å². The molecule has 0 fully saturated rings. The molecule has 0 aliphatic carbocycles. The molecule has 0 aliphatic heterocycles. The summed E-state index contributed by atoms with van der Waals surface area (Å²) in [6.45, 7) is 0. The summed E-state index contributed by atoms with van der Waals surface area (Å²) in [4.78, 5) is 13.2. The van der Waals surface area contributed by atoms with E-state index in [1.807, 2.05) is 0 Å². The van der Waals surface area contributed by atoms with Crippen LogP contribution in [0.15, 0.2) is 23.2 Å². The van der Waals surface area contributed by atoms with Gasteiger partial charge in [-0.1, -0.05) is 35.3 Å². The zero-order valence-corrected chi connectivity index (χ0v) is 7.88. The molecule has 0 bridgehead atoms. The summed E-state index contributed by atoms with van der Waals surface area (Å²) in [5.74, 6) is 0. The molecule has 1 aromatic carbocycles. The molecule has 0 aliphatic rings. The maximum absolute atomic E-state index is 10.1. The fourth-order valence-corrected chi connectivity index (χ4v) is 1.10. The highest BCUT2D eigenvalue weighted by Gasteiger charge is 2.01. The number of carbonyl (C=O) groups is 1. The quantitative estimate of drug-likeness (QED) is 0.736. The van der Waals surface area contributed by atoms with E-state index in [1.54, 1.807) is 18.2 Å². The summed E-state index contributed by atoms with van der Waals surface area (Å²) in [5, 5.41) is 8.93. The van der Waals surface area contributed by atoms with Gasteiger partial charge in [0.05, 0.1) is 10.0 Å². The van der Waals surface area contributed by atoms with E-state index in [4.69, 9.17) is 28.3 Å². The van der Waals surface area contributed by atoms with Gasteiger partial charge in [-0.25, -0.2) is 4.79 Å². The average molecular weight is 218 g/mol. The minimum Gasteiger partial charge on any atom is -0.463 e. The third-order valence-electron chi connectivity index (χ3n) is 1.30. The zero-order chi connectivity index (χ0) is 9.84. The van der Waals surface area contributed by atoms with Gasteiger partial charge in [-0.15, -0.1) is 0 Å². The van der Waals surface area contributed by atoms with Gasteiger partial charge in [-0.2, -0.15) is 4.99 Å². The second-order valence-electron chi connectivity index (χ2n) is 2.18.